The molecule has 2 aromatic carbocycles. The maximum absolute atomic E-state index is 12.9. The molecule has 1 N–H and O–H groups in total. The van der Waals surface area contributed by atoms with Crippen molar-refractivity contribution in [1.29, 1.82) is 0 Å². The summed E-state index contributed by atoms with van der Waals surface area (Å²) in [6, 6.07) is 13.6. The largest absolute Gasteiger partial charge is 0.452 e. The Kier molecular flexibility index (Phi) is 6.58. The first kappa shape index (κ1) is 22.7. The lowest BCUT2D eigenvalue weighted by Crippen LogP contribution is -2.30. The fraction of sp³-hybridized carbons (Fsp3) is 0.385. The number of benzene rings is 2. The van der Waals surface area contributed by atoms with Gasteiger partial charge in [0.1, 0.15) is 0 Å². The minimum absolute atomic E-state index is 0.156. The Hall–Kier alpha value is -3.48. The molecule has 1 saturated heterocycles. The lowest BCUT2D eigenvalue weighted by molar-refractivity contribution is -0.122. The molecule has 2 fully saturated rings. The molecule has 33 heavy (non-hydrogen) atoms. The molecular weight excluding hydrogens is 420 g/mol. The van der Waals surface area contributed by atoms with E-state index in [-0.39, 0.29) is 29.2 Å². The molecular formula is C26H28N2O5. The highest BCUT2D eigenvalue weighted by atomic mass is 16.5. The van der Waals surface area contributed by atoms with Crippen LogP contribution < -0.4 is 10.2 Å². The van der Waals surface area contributed by atoms with Crippen molar-refractivity contribution in [3.63, 3.8) is 0 Å². The monoisotopic (exact) mass is 448 g/mol. The van der Waals surface area contributed by atoms with E-state index >= 15 is 0 Å². The van der Waals surface area contributed by atoms with Crippen molar-refractivity contribution in [2.24, 2.45) is 17.8 Å². The molecule has 1 saturated carbocycles. The maximum Gasteiger partial charge on any atom is 0.338 e. The summed E-state index contributed by atoms with van der Waals surface area (Å²) in [5.41, 5.74) is 2.39. The van der Waals surface area contributed by atoms with Crippen molar-refractivity contribution >= 4 is 35.1 Å². The molecule has 7 heteroatoms. The number of imide groups is 1. The highest BCUT2D eigenvalue weighted by Crippen LogP contribution is 2.42. The SMILES string of the molecule is CCc1ccccc1NC(=O)COC(=O)c1ccc(N2C(=O)[C@@H]3CC[C@@H](C)C[C@H]3C2=O)cc1. The van der Waals surface area contributed by atoms with Gasteiger partial charge >= 0.3 is 5.97 Å². The number of esters is 1. The Morgan fingerprint density at radius 2 is 1.70 bits per heavy atom. The van der Waals surface area contributed by atoms with Gasteiger partial charge in [-0.25, -0.2) is 4.79 Å². The molecule has 4 rings (SSSR count). The molecule has 0 spiro atoms. The second kappa shape index (κ2) is 9.57. The zero-order valence-electron chi connectivity index (χ0n) is 18.9. The summed E-state index contributed by atoms with van der Waals surface area (Å²) in [5.74, 6) is -1.44. The van der Waals surface area contributed by atoms with Crippen molar-refractivity contribution in [2.75, 3.05) is 16.8 Å². The third-order valence-corrected chi connectivity index (χ3v) is 6.56. The molecule has 1 aliphatic heterocycles. The van der Waals surface area contributed by atoms with Gasteiger partial charge in [0.05, 0.1) is 23.1 Å². The fourth-order valence-electron chi connectivity index (χ4n) is 4.74. The first-order valence-corrected chi connectivity index (χ1v) is 11.4. The molecule has 2 aromatic rings. The van der Waals surface area contributed by atoms with Gasteiger partial charge in [0.15, 0.2) is 6.61 Å². The minimum atomic E-state index is -0.651. The summed E-state index contributed by atoms with van der Waals surface area (Å²) in [4.78, 5) is 51.5. The highest BCUT2D eigenvalue weighted by molar-refractivity contribution is 6.22. The van der Waals surface area contributed by atoms with Crippen LogP contribution >= 0.6 is 0 Å². The third kappa shape index (κ3) is 4.67. The lowest BCUT2D eigenvalue weighted by Gasteiger charge is -2.25. The zero-order chi connectivity index (χ0) is 23.5. The Balaban J connectivity index is 1.36. The number of ether oxygens (including phenoxy) is 1. The molecule has 2 aliphatic rings. The van der Waals surface area contributed by atoms with Crippen LogP contribution in [0.25, 0.3) is 0 Å². The van der Waals surface area contributed by atoms with Crippen molar-refractivity contribution in [1.82, 2.24) is 0 Å². The van der Waals surface area contributed by atoms with Crippen LogP contribution in [-0.4, -0.2) is 30.3 Å². The van der Waals surface area contributed by atoms with Crippen molar-refractivity contribution in [2.45, 2.75) is 39.5 Å². The van der Waals surface area contributed by atoms with Gasteiger partial charge in [-0.05, 0) is 67.5 Å². The molecule has 0 unspecified atom stereocenters. The average Bonchev–Trinajstić information content (AvgIpc) is 3.07. The number of hydrogen-bond acceptors (Lipinski definition) is 5. The number of carbonyl (C=O) groups excluding carboxylic acids is 4. The van der Waals surface area contributed by atoms with Crippen LogP contribution in [0.3, 0.4) is 0 Å². The number of aryl methyl sites for hydroxylation is 1. The summed E-state index contributed by atoms with van der Waals surface area (Å²) < 4.78 is 5.13. The van der Waals surface area contributed by atoms with Crippen LogP contribution in [0.15, 0.2) is 48.5 Å². The second-order valence-corrected chi connectivity index (χ2v) is 8.82. The summed E-state index contributed by atoms with van der Waals surface area (Å²) in [6.45, 7) is 3.69. The van der Waals surface area contributed by atoms with E-state index < -0.39 is 18.5 Å². The third-order valence-electron chi connectivity index (χ3n) is 6.56. The van der Waals surface area contributed by atoms with Crippen LogP contribution in [-0.2, 0) is 25.5 Å². The van der Waals surface area contributed by atoms with E-state index in [0.29, 0.717) is 17.3 Å². The van der Waals surface area contributed by atoms with E-state index in [2.05, 4.69) is 12.2 Å². The quantitative estimate of drug-likeness (QED) is 0.533. The van der Waals surface area contributed by atoms with Gasteiger partial charge in [-0.2, -0.15) is 0 Å². The number of nitrogens with one attached hydrogen (secondary N) is 1. The molecule has 3 atom stereocenters. The molecule has 3 amide bonds. The summed E-state index contributed by atoms with van der Waals surface area (Å²) in [5, 5.41) is 2.75. The number of hydrogen-bond donors (Lipinski definition) is 1. The van der Waals surface area contributed by atoms with E-state index in [4.69, 9.17) is 4.74 Å². The second-order valence-electron chi connectivity index (χ2n) is 8.82. The standard InChI is InChI=1S/C26H28N2O5/c1-3-17-6-4-5-7-22(17)27-23(29)15-33-26(32)18-9-11-19(12-10-18)28-24(30)20-13-8-16(2)14-21(20)25(28)31/h4-7,9-12,16,20-21H,3,8,13-15H2,1-2H3,(H,27,29)/t16-,20-,21-/m1/s1. The average molecular weight is 449 g/mol. The van der Waals surface area contributed by atoms with Crippen LogP contribution in [0.1, 0.15) is 49.0 Å². The van der Waals surface area contributed by atoms with Gasteiger partial charge in [-0.3, -0.25) is 19.3 Å². The Bertz CT molecular complexity index is 1080. The van der Waals surface area contributed by atoms with Crippen LogP contribution in [0.2, 0.25) is 0 Å². The molecule has 1 aliphatic carbocycles. The van der Waals surface area contributed by atoms with E-state index in [1.54, 1.807) is 18.2 Å². The number of fused-ring (bicyclic) bond motifs is 1. The first-order valence-electron chi connectivity index (χ1n) is 11.4. The van der Waals surface area contributed by atoms with E-state index in [0.717, 1.165) is 31.2 Å². The topological polar surface area (TPSA) is 92.8 Å². The number of rotatable bonds is 6. The Labute approximate surface area is 193 Å². The highest BCUT2D eigenvalue weighted by Gasteiger charge is 2.49. The van der Waals surface area contributed by atoms with Crippen molar-refractivity contribution in [3.8, 4) is 0 Å². The Morgan fingerprint density at radius 1 is 1.00 bits per heavy atom. The zero-order valence-corrected chi connectivity index (χ0v) is 18.9. The lowest BCUT2D eigenvalue weighted by atomic mass is 9.76. The van der Waals surface area contributed by atoms with E-state index in [9.17, 15) is 19.2 Å². The normalized spacial score (nSPS) is 22.1. The minimum Gasteiger partial charge on any atom is -0.452 e. The van der Waals surface area contributed by atoms with Crippen LogP contribution in [0.5, 0.6) is 0 Å². The summed E-state index contributed by atoms with van der Waals surface area (Å²) >= 11 is 0. The molecule has 0 bridgehead atoms. The number of nitrogens with zero attached hydrogens (tertiary/aromatic N) is 1. The predicted octanol–water partition coefficient (Wildman–Crippen LogP) is 3.97. The molecule has 172 valence electrons. The van der Waals surface area contributed by atoms with Gasteiger partial charge < -0.3 is 10.1 Å². The first-order chi connectivity index (χ1) is 15.9. The molecule has 0 aromatic heterocycles. The number of amides is 3. The van der Waals surface area contributed by atoms with Gasteiger partial charge in [0.25, 0.3) is 5.91 Å². The summed E-state index contributed by atoms with van der Waals surface area (Å²) in [7, 11) is 0. The van der Waals surface area contributed by atoms with Gasteiger partial charge in [0.2, 0.25) is 11.8 Å². The molecule has 0 radical (unpaired) electrons. The van der Waals surface area contributed by atoms with Gasteiger partial charge in [-0.1, -0.05) is 32.0 Å². The Morgan fingerprint density at radius 3 is 2.42 bits per heavy atom. The van der Waals surface area contributed by atoms with Gasteiger partial charge in [0, 0.05) is 5.69 Å². The van der Waals surface area contributed by atoms with Crippen LogP contribution in [0, 0.1) is 17.8 Å². The fourth-order valence-corrected chi connectivity index (χ4v) is 4.74. The number of carbonyl (C=O) groups is 4. The van der Waals surface area contributed by atoms with E-state index in [1.807, 2.05) is 25.1 Å². The van der Waals surface area contributed by atoms with Gasteiger partial charge in [-0.15, -0.1) is 0 Å². The number of para-hydroxylation sites is 1. The number of anilines is 2. The predicted molar refractivity (Wildman–Crippen MR) is 124 cm³/mol. The van der Waals surface area contributed by atoms with Crippen molar-refractivity contribution in [3.05, 3.63) is 59.7 Å². The van der Waals surface area contributed by atoms with E-state index in [1.165, 1.54) is 17.0 Å². The maximum atomic E-state index is 12.9. The summed E-state index contributed by atoms with van der Waals surface area (Å²) in [6.07, 6.45) is 3.20. The molecule has 1 heterocycles. The van der Waals surface area contributed by atoms with Crippen LogP contribution in [0.4, 0.5) is 11.4 Å². The smallest absolute Gasteiger partial charge is 0.338 e. The van der Waals surface area contributed by atoms with Crippen molar-refractivity contribution < 1.29 is 23.9 Å². The molecule has 7 nitrogen and oxygen atoms in total.